The van der Waals surface area contributed by atoms with Gasteiger partial charge in [0.15, 0.2) is 9.84 Å². The second-order valence-corrected chi connectivity index (χ2v) is 8.52. The zero-order valence-electron chi connectivity index (χ0n) is 12.4. The summed E-state index contributed by atoms with van der Waals surface area (Å²) in [5.74, 6) is -0.0830. The Labute approximate surface area is 141 Å². The lowest BCUT2D eigenvalue weighted by molar-refractivity contribution is 0.0694. The minimum Gasteiger partial charge on any atom is -0.335 e. The number of carbonyl (C=O) groups excluding carboxylic acids is 1. The Morgan fingerprint density at radius 1 is 1.36 bits per heavy atom. The van der Waals surface area contributed by atoms with Gasteiger partial charge in [0.1, 0.15) is 0 Å². The van der Waals surface area contributed by atoms with Crippen molar-refractivity contribution in [3.8, 4) is 0 Å². The first-order chi connectivity index (χ1) is 10.4. The zero-order chi connectivity index (χ0) is 16.3. The van der Waals surface area contributed by atoms with Gasteiger partial charge in [-0.3, -0.25) is 4.79 Å². The van der Waals surface area contributed by atoms with Gasteiger partial charge >= 0.3 is 0 Å². The summed E-state index contributed by atoms with van der Waals surface area (Å²) in [6.07, 6.45) is 2.23. The first-order valence-electron chi connectivity index (χ1n) is 7.31. The van der Waals surface area contributed by atoms with Crippen molar-refractivity contribution in [3.05, 3.63) is 33.8 Å². The van der Waals surface area contributed by atoms with E-state index >= 15 is 0 Å². The Morgan fingerprint density at radius 3 is 2.68 bits per heavy atom. The molecule has 1 unspecified atom stereocenters. The van der Waals surface area contributed by atoms with Crippen molar-refractivity contribution in [2.24, 2.45) is 0 Å². The molecule has 4 nitrogen and oxygen atoms in total. The van der Waals surface area contributed by atoms with Crippen LogP contribution in [-0.4, -0.2) is 43.3 Å². The number of rotatable bonds is 5. The van der Waals surface area contributed by atoms with Gasteiger partial charge in [-0.2, -0.15) is 0 Å². The van der Waals surface area contributed by atoms with Gasteiger partial charge in [0, 0.05) is 12.6 Å². The molecule has 1 aliphatic heterocycles. The van der Waals surface area contributed by atoms with Gasteiger partial charge in [0.05, 0.1) is 27.1 Å². The average molecular weight is 364 g/mol. The molecule has 7 heteroatoms. The van der Waals surface area contributed by atoms with E-state index in [1.165, 1.54) is 0 Å². The van der Waals surface area contributed by atoms with Crippen LogP contribution in [0.4, 0.5) is 0 Å². The number of nitrogens with zero attached hydrogens (tertiary/aromatic N) is 1. The summed E-state index contributed by atoms with van der Waals surface area (Å²) in [4.78, 5) is 14.5. The molecule has 0 saturated carbocycles. The third-order valence-corrected chi connectivity index (χ3v) is 6.41. The first kappa shape index (κ1) is 17.6. The molecule has 0 radical (unpaired) electrons. The first-order valence-corrected chi connectivity index (χ1v) is 9.89. The second-order valence-electron chi connectivity index (χ2n) is 5.51. The van der Waals surface area contributed by atoms with Crippen LogP contribution in [0.2, 0.25) is 10.0 Å². The number of hydrogen-bond donors (Lipinski definition) is 0. The zero-order valence-corrected chi connectivity index (χ0v) is 14.7. The monoisotopic (exact) mass is 363 g/mol. The quantitative estimate of drug-likeness (QED) is 0.805. The number of carbonyl (C=O) groups is 1. The highest BCUT2D eigenvalue weighted by atomic mass is 35.5. The second kappa shape index (κ2) is 7.20. The smallest absolute Gasteiger partial charge is 0.255 e. The van der Waals surface area contributed by atoms with Gasteiger partial charge in [-0.15, -0.1) is 0 Å². The van der Waals surface area contributed by atoms with Gasteiger partial charge in [0.2, 0.25) is 0 Å². The Kier molecular flexibility index (Phi) is 5.75. The lowest BCUT2D eigenvalue weighted by Gasteiger charge is -2.28. The van der Waals surface area contributed by atoms with Crippen LogP contribution in [0.3, 0.4) is 0 Å². The van der Waals surface area contributed by atoms with Crippen molar-refractivity contribution in [2.75, 3.05) is 18.1 Å². The average Bonchev–Trinajstić information content (AvgIpc) is 2.82. The third kappa shape index (κ3) is 3.94. The summed E-state index contributed by atoms with van der Waals surface area (Å²) in [6.45, 7) is 2.55. The molecule has 1 aromatic carbocycles. The number of amides is 1. The van der Waals surface area contributed by atoms with E-state index < -0.39 is 9.84 Å². The summed E-state index contributed by atoms with van der Waals surface area (Å²) in [6, 6.07) is 4.64. The van der Waals surface area contributed by atoms with Crippen LogP contribution < -0.4 is 0 Å². The van der Waals surface area contributed by atoms with Crippen molar-refractivity contribution >= 4 is 38.9 Å². The van der Waals surface area contributed by atoms with Gasteiger partial charge in [0.25, 0.3) is 5.91 Å². The lowest BCUT2D eigenvalue weighted by atomic mass is 10.1. The summed E-state index contributed by atoms with van der Waals surface area (Å²) in [5, 5.41) is 0.540. The van der Waals surface area contributed by atoms with Crippen LogP contribution in [-0.2, 0) is 9.84 Å². The van der Waals surface area contributed by atoms with E-state index in [1.807, 2.05) is 6.92 Å². The fourth-order valence-corrected chi connectivity index (χ4v) is 4.74. The molecule has 1 amide bonds. The number of benzene rings is 1. The maximum atomic E-state index is 12.8. The minimum absolute atomic E-state index is 0.0284. The molecular weight excluding hydrogens is 345 g/mol. The normalized spacial score (nSPS) is 20.0. The number of halogens is 2. The highest BCUT2D eigenvalue weighted by Crippen LogP contribution is 2.28. The van der Waals surface area contributed by atoms with Gasteiger partial charge in [-0.25, -0.2) is 8.42 Å². The molecular formula is C15H19Cl2NO3S. The standard InChI is InChI=1S/C15H19Cl2NO3S/c1-2-3-8-18(11-7-9-22(20,21)10-11)15(19)12-5-4-6-13(16)14(12)17/h4-6,11H,2-3,7-10H2,1H3. The Hall–Kier alpha value is -0.780. The van der Waals surface area contributed by atoms with E-state index in [-0.39, 0.29) is 28.5 Å². The van der Waals surface area contributed by atoms with Crippen molar-refractivity contribution in [3.63, 3.8) is 0 Å². The number of unbranched alkanes of at least 4 members (excludes halogenated alkanes) is 1. The molecule has 122 valence electrons. The predicted molar refractivity (Wildman–Crippen MR) is 89.5 cm³/mol. The van der Waals surface area contributed by atoms with Crippen molar-refractivity contribution < 1.29 is 13.2 Å². The fourth-order valence-electron chi connectivity index (χ4n) is 2.62. The van der Waals surface area contributed by atoms with Crippen LogP contribution in [0.25, 0.3) is 0 Å². The molecule has 0 aliphatic carbocycles. The Balaban J connectivity index is 2.29. The van der Waals surface area contributed by atoms with E-state index in [0.29, 0.717) is 23.6 Å². The van der Waals surface area contributed by atoms with Crippen LogP contribution in [0.15, 0.2) is 18.2 Å². The molecule has 0 spiro atoms. The summed E-state index contributed by atoms with van der Waals surface area (Å²) < 4.78 is 23.4. The molecule has 0 bridgehead atoms. The van der Waals surface area contributed by atoms with Crippen molar-refractivity contribution in [2.45, 2.75) is 32.2 Å². The molecule has 1 aliphatic rings. The van der Waals surface area contributed by atoms with E-state index in [0.717, 1.165) is 12.8 Å². The Bertz CT molecular complexity index is 661. The summed E-state index contributed by atoms with van der Waals surface area (Å²) in [7, 11) is -3.05. The van der Waals surface area contributed by atoms with E-state index in [9.17, 15) is 13.2 Å². The number of sulfone groups is 1. The topological polar surface area (TPSA) is 54.5 Å². The fraction of sp³-hybridized carbons (Fsp3) is 0.533. The summed E-state index contributed by atoms with van der Waals surface area (Å²) >= 11 is 12.1. The van der Waals surface area contributed by atoms with Crippen LogP contribution in [0.1, 0.15) is 36.5 Å². The molecule has 22 heavy (non-hydrogen) atoms. The molecule has 1 saturated heterocycles. The van der Waals surface area contributed by atoms with E-state index in [4.69, 9.17) is 23.2 Å². The molecule has 1 fully saturated rings. The highest BCUT2D eigenvalue weighted by molar-refractivity contribution is 7.91. The van der Waals surface area contributed by atoms with Crippen LogP contribution in [0.5, 0.6) is 0 Å². The van der Waals surface area contributed by atoms with Gasteiger partial charge in [-0.05, 0) is 25.0 Å². The molecule has 2 rings (SSSR count). The molecule has 0 aromatic heterocycles. The SMILES string of the molecule is CCCCN(C(=O)c1cccc(Cl)c1Cl)C1CCS(=O)(=O)C1. The highest BCUT2D eigenvalue weighted by Gasteiger charge is 2.35. The number of hydrogen-bond acceptors (Lipinski definition) is 3. The van der Waals surface area contributed by atoms with Crippen molar-refractivity contribution in [1.29, 1.82) is 0 Å². The van der Waals surface area contributed by atoms with Gasteiger partial charge in [-0.1, -0.05) is 42.6 Å². The molecule has 1 heterocycles. The maximum absolute atomic E-state index is 12.8. The largest absolute Gasteiger partial charge is 0.335 e. The predicted octanol–water partition coefficient (Wildman–Crippen LogP) is 3.42. The van der Waals surface area contributed by atoms with E-state index in [2.05, 4.69) is 0 Å². The van der Waals surface area contributed by atoms with Crippen LogP contribution in [0, 0.1) is 0 Å². The van der Waals surface area contributed by atoms with E-state index in [1.54, 1.807) is 23.1 Å². The molecule has 1 aromatic rings. The van der Waals surface area contributed by atoms with Crippen molar-refractivity contribution in [1.82, 2.24) is 4.90 Å². The lowest BCUT2D eigenvalue weighted by Crippen LogP contribution is -2.41. The molecule has 1 atom stereocenters. The Morgan fingerprint density at radius 2 is 2.09 bits per heavy atom. The summed E-state index contributed by atoms with van der Waals surface area (Å²) in [5.41, 5.74) is 0.328. The molecule has 0 N–H and O–H groups in total. The van der Waals surface area contributed by atoms with Crippen LogP contribution >= 0.6 is 23.2 Å². The third-order valence-electron chi connectivity index (χ3n) is 3.84. The van der Waals surface area contributed by atoms with Gasteiger partial charge < -0.3 is 4.90 Å². The maximum Gasteiger partial charge on any atom is 0.255 e. The minimum atomic E-state index is -3.05.